The predicted octanol–water partition coefficient (Wildman–Crippen LogP) is 3.20. The van der Waals surface area contributed by atoms with Crippen LogP contribution in [0.3, 0.4) is 0 Å². The summed E-state index contributed by atoms with van der Waals surface area (Å²) in [5, 5.41) is 6.03. The maximum absolute atomic E-state index is 12.6. The number of thiophene rings is 1. The van der Waals surface area contributed by atoms with Crippen LogP contribution >= 0.6 is 11.3 Å². The van der Waals surface area contributed by atoms with Gasteiger partial charge in [-0.15, -0.1) is 16.4 Å². The van der Waals surface area contributed by atoms with Crippen molar-refractivity contribution in [1.29, 1.82) is 0 Å². The molecule has 0 spiro atoms. The van der Waals surface area contributed by atoms with E-state index in [4.69, 9.17) is 4.42 Å². The Balaban J connectivity index is 1.61. The molecule has 0 amide bonds. The normalized spacial score (nSPS) is 14.2. The Morgan fingerprint density at radius 1 is 1.42 bits per heavy atom. The van der Waals surface area contributed by atoms with Gasteiger partial charge in [0.05, 0.1) is 4.88 Å². The average Bonchev–Trinajstić information content (AvgIpc) is 2.96. The molecule has 0 atom stereocenters. The number of aromatic nitrogens is 3. The fraction of sp³-hybridized carbons (Fsp3) is 0.353. The van der Waals surface area contributed by atoms with Gasteiger partial charge in [-0.25, -0.2) is 4.79 Å². The summed E-state index contributed by atoms with van der Waals surface area (Å²) in [5.41, 5.74) is 2.71. The highest BCUT2D eigenvalue weighted by molar-refractivity contribution is 7.13. The van der Waals surface area contributed by atoms with Crippen LogP contribution in [-0.2, 0) is 6.54 Å². The van der Waals surface area contributed by atoms with E-state index in [2.05, 4.69) is 9.67 Å². The molecule has 24 heavy (non-hydrogen) atoms. The summed E-state index contributed by atoms with van der Waals surface area (Å²) < 4.78 is 8.47. The zero-order valence-corrected chi connectivity index (χ0v) is 14.3. The summed E-state index contributed by atoms with van der Waals surface area (Å²) in [6.07, 6.45) is 2.33. The number of hydrogen-bond donors (Lipinski definition) is 0. The Kier molecular flexibility index (Phi) is 3.53. The van der Waals surface area contributed by atoms with Gasteiger partial charge in [-0.2, -0.15) is 4.68 Å². The van der Waals surface area contributed by atoms with Crippen LogP contribution in [0.4, 0.5) is 0 Å². The second-order valence-electron chi connectivity index (χ2n) is 6.12. The van der Waals surface area contributed by atoms with E-state index in [0.717, 1.165) is 33.8 Å². The molecule has 4 rings (SSSR count). The molecule has 0 aliphatic heterocycles. The third-order valence-electron chi connectivity index (χ3n) is 4.33. The van der Waals surface area contributed by atoms with Gasteiger partial charge in [-0.1, -0.05) is 6.07 Å². The fourth-order valence-corrected chi connectivity index (χ4v) is 3.73. The lowest BCUT2D eigenvalue weighted by Crippen LogP contribution is -2.22. The van der Waals surface area contributed by atoms with E-state index in [1.165, 1.54) is 11.3 Å². The standard InChI is InChI=1S/C17H17N3O3S/c1-10-8-13(11(2)20(10)12-5-6-12)14(21)9-19-17(22)23-16(18-19)15-4-3-7-24-15/h3-4,7-8,12H,5-6,9H2,1-2H3. The third-order valence-corrected chi connectivity index (χ3v) is 5.19. The van der Waals surface area contributed by atoms with Gasteiger partial charge in [0.1, 0.15) is 6.54 Å². The summed E-state index contributed by atoms with van der Waals surface area (Å²) >= 11 is 1.43. The molecule has 3 heterocycles. The van der Waals surface area contributed by atoms with Crippen LogP contribution in [0.25, 0.3) is 10.8 Å². The van der Waals surface area contributed by atoms with Gasteiger partial charge >= 0.3 is 5.76 Å². The molecule has 0 radical (unpaired) electrons. The van der Waals surface area contributed by atoms with E-state index in [1.807, 2.05) is 37.4 Å². The topological polar surface area (TPSA) is 70.0 Å². The minimum absolute atomic E-state index is 0.108. The molecule has 6 nitrogen and oxygen atoms in total. The number of aryl methyl sites for hydroxylation is 1. The molecule has 0 aromatic carbocycles. The number of rotatable bonds is 5. The quantitative estimate of drug-likeness (QED) is 0.667. The molecule has 1 fully saturated rings. The summed E-state index contributed by atoms with van der Waals surface area (Å²) in [7, 11) is 0. The van der Waals surface area contributed by atoms with Crippen molar-refractivity contribution in [1.82, 2.24) is 14.3 Å². The SMILES string of the molecule is Cc1cc(C(=O)Cn2nc(-c3cccs3)oc2=O)c(C)n1C1CC1. The highest BCUT2D eigenvalue weighted by Crippen LogP contribution is 2.38. The Labute approximate surface area is 142 Å². The summed E-state index contributed by atoms with van der Waals surface area (Å²) in [6.45, 7) is 3.86. The second kappa shape index (κ2) is 5.59. The maximum atomic E-state index is 12.6. The van der Waals surface area contributed by atoms with Crippen molar-refractivity contribution in [3.05, 3.63) is 51.1 Å². The first-order chi connectivity index (χ1) is 11.5. The first kappa shape index (κ1) is 15.1. The lowest BCUT2D eigenvalue weighted by Gasteiger charge is -2.07. The molecular weight excluding hydrogens is 326 g/mol. The largest absolute Gasteiger partial charge is 0.437 e. The monoisotopic (exact) mass is 343 g/mol. The molecule has 0 saturated heterocycles. The van der Waals surface area contributed by atoms with Crippen molar-refractivity contribution in [2.45, 2.75) is 39.3 Å². The summed E-state index contributed by atoms with van der Waals surface area (Å²) in [6, 6.07) is 6.11. The number of hydrogen-bond acceptors (Lipinski definition) is 5. The van der Waals surface area contributed by atoms with E-state index in [0.29, 0.717) is 11.6 Å². The van der Waals surface area contributed by atoms with Gasteiger partial charge in [0.2, 0.25) is 0 Å². The Morgan fingerprint density at radius 3 is 2.88 bits per heavy atom. The lowest BCUT2D eigenvalue weighted by atomic mass is 10.1. The number of carbonyl (C=O) groups excluding carboxylic acids is 1. The number of nitrogens with zero attached hydrogens (tertiary/aromatic N) is 3. The predicted molar refractivity (Wildman–Crippen MR) is 90.6 cm³/mol. The zero-order valence-electron chi connectivity index (χ0n) is 13.5. The molecule has 1 aliphatic rings. The van der Waals surface area contributed by atoms with E-state index >= 15 is 0 Å². The van der Waals surface area contributed by atoms with Crippen LogP contribution in [-0.4, -0.2) is 20.1 Å². The second-order valence-corrected chi connectivity index (χ2v) is 7.06. The molecule has 3 aromatic rings. The van der Waals surface area contributed by atoms with Crippen LogP contribution < -0.4 is 5.76 Å². The smallest absolute Gasteiger partial charge is 0.387 e. The molecule has 124 valence electrons. The summed E-state index contributed by atoms with van der Waals surface area (Å²) in [4.78, 5) is 25.4. The fourth-order valence-electron chi connectivity index (χ4n) is 3.08. The molecule has 1 saturated carbocycles. The molecule has 1 aliphatic carbocycles. The summed E-state index contributed by atoms with van der Waals surface area (Å²) in [5.74, 6) is -0.475. The van der Waals surface area contributed by atoms with Crippen LogP contribution in [0.1, 0.15) is 40.6 Å². The van der Waals surface area contributed by atoms with E-state index in [-0.39, 0.29) is 18.2 Å². The highest BCUT2D eigenvalue weighted by atomic mass is 32.1. The van der Waals surface area contributed by atoms with Crippen LogP contribution in [0.2, 0.25) is 0 Å². The third kappa shape index (κ3) is 2.54. The number of carbonyl (C=O) groups is 1. The first-order valence-corrected chi connectivity index (χ1v) is 8.76. The average molecular weight is 343 g/mol. The van der Waals surface area contributed by atoms with Crippen molar-refractivity contribution in [2.75, 3.05) is 0 Å². The molecule has 3 aromatic heterocycles. The first-order valence-electron chi connectivity index (χ1n) is 7.88. The minimum atomic E-state index is -0.609. The molecule has 7 heteroatoms. The van der Waals surface area contributed by atoms with Gasteiger partial charge in [-0.3, -0.25) is 4.79 Å². The van der Waals surface area contributed by atoms with E-state index in [9.17, 15) is 9.59 Å². The molecule has 0 N–H and O–H groups in total. The maximum Gasteiger partial charge on any atom is 0.437 e. The lowest BCUT2D eigenvalue weighted by molar-refractivity contribution is 0.0964. The van der Waals surface area contributed by atoms with Gasteiger partial charge in [0.15, 0.2) is 5.78 Å². The van der Waals surface area contributed by atoms with Gasteiger partial charge in [0, 0.05) is 23.0 Å². The van der Waals surface area contributed by atoms with Gasteiger partial charge in [0.25, 0.3) is 5.89 Å². The van der Waals surface area contributed by atoms with E-state index < -0.39 is 5.76 Å². The van der Waals surface area contributed by atoms with Crippen LogP contribution in [0, 0.1) is 13.8 Å². The van der Waals surface area contributed by atoms with Gasteiger partial charge < -0.3 is 8.98 Å². The Morgan fingerprint density at radius 2 is 2.21 bits per heavy atom. The van der Waals surface area contributed by atoms with Crippen LogP contribution in [0.15, 0.2) is 32.8 Å². The van der Waals surface area contributed by atoms with Gasteiger partial charge in [-0.05, 0) is 44.2 Å². The van der Waals surface area contributed by atoms with E-state index in [1.54, 1.807) is 0 Å². The minimum Gasteiger partial charge on any atom is -0.387 e. The molecule has 0 bridgehead atoms. The van der Waals surface area contributed by atoms with Crippen molar-refractivity contribution in [3.63, 3.8) is 0 Å². The van der Waals surface area contributed by atoms with Crippen molar-refractivity contribution < 1.29 is 9.21 Å². The van der Waals surface area contributed by atoms with Crippen molar-refractivity contribution in [2.24, 2.45) is 0 Å². The Hall–Kier alpha value is -2.41. The number of Topliss-reactive ketones (excluding diaryl/α,β-unsaturated/α-hetero) is 1. The van der Waals surface area contributed by atoms with Crippen molar-refractivity contribution >= 4 is 17.1 Å². The molecule has 0 unspecified atom stereocenters. The zero-order chi connectivity index (χ0) is 16.8. The Bertz CT molecular complexity index is 958. The van der Waals surface area contributed by atoms with Crippen LogP contribution in [0.5, 0.6) is 0 Å². The highest BCUT2D eigenvalue weighted by Gasteiger charge is 2.28. The van der Waals surface area contributed by atoms with Crippen molar-refractivity contribution in [3.8, 4) is 10.8 Å². The number of ketones is 1. The molecular formula is C17H17N3O3S.